The predicted octanol–water partition coefficient (Wildman–Crippen LogP) is 5.71. The monoisotopic (exact) mass is 491 g/mol. The Morgan fingerprint density at radius 2 is 1.59 bits per heavy atom. The number of carboxylic acid groups (broad SMARTS) is 1. The lowest BCUT2D eigenvalue weighted by Crippen LogP contribution is -2.31. The highest BCUT2D eigenvalue weighted by molar-refractivity contribution is 6.03. The van der Waals surface area contributed by atoms with Gasteiger partial charge in [-0.15, -0.1) is 0 Å². The topological polar surface area (TPSA) is 104 Å². The maximum absolute atomic E-state index is 13.1. The van der Waals surface area contributed by atoms with Gasteiger partial charge in [0.05, 0.1) is 29.2 Å². The first-order valence-corrected chi connectivity index (χ1v) is 11.8. The number of nitrogens with one attached hydrogen (secondary N) is 2. The third-order valence-electron chi connectivity index (χ3n) is 6.21. The molecule has 0 saturated carbocycles. The van der Waals surface area contributed by atoms with Gasteiger partial charge >= 0.3 is 5.97 Å². The number of aromatic carboxylic acids is 1. The number of imidazole rings is 1. The molecule has 0 spiro atoms. The van der Waals surface area contributed by atoms with Crippen molar-refractivity contribution >= 4 is 22.9 Å². The molecule has 4 aromatic carbocycles. The number of hydrogen-bond acceptors (Lipinski definition) is 4. The minimum Gasteiger partial charge on any atom is -0.478 e. The second-order valence-electron chi connectivity index (χ2n) is 8.61. The van der Waals surface area contributed by atoms with Crippen molar-refractivity contribution in [3.05, 3.63) is 114 Å². The number of hydrogen-bond donors (Lipinski definition) is 3. The summed E-state index contributed by atoms with van der Waals surface area (Å²) in [5, 5.41) is 13.0. The fourth-order valence-corrected chi connectivity index (χ4v) is 4.42. The maximum atomic E-state index is 13.1. The summed E-state index contributed by atoms with van der Waals surface area (Å²) >= 11 is 0. The number of benzene rings is 4. The van der Waals surface area contributed by atoms with Gasteiger partial charge < -0.3 is 20.1 Å². The van der Waals surface area contributed by atoms with Crippen molar-refractivity contribution in [1.29, 1.82) is 0 Å². The van der Waals surface area contributed by atoms with E-state index in [2.05, 4.69) is 15.3 Å². The Bertz CT molecular complexity index is 1540. The van der Waals surface area contributed by atoms with Gasteiger partial charge in [-0.2, -0.15) is 0 Å². The molecule has 3 N–H and O–H groups in total. The first-order valence-electron chi connectivity index (χ1n) is 11.8. The van der Waals surface area contributed by atoms with Gasteiger partial charge in [0.2, 0.25) is 0 Å². The molecular formula is C30H25N3O4. The molecule has 1 heterocycles. The zero-order valence-corrected chi connectivity index (χ0v) is 20.1. The molecule has 0 aliphatic rings. The molecule has 0 radical (unpaired) electrons. The number of rotatable bonds is 8. The van der Waals surface area contributed by atoms with E-state index >= 15 is 0 Å². The van der Waals surface area contributed by atoms with Crippen LogP contribution in [-0.2, 0) is 4.74 Å². The third kappa shape index (κ3) is 4.98. The number of amides is 1. The first-order chi connectivity index (χ1) is 18.0. The number of carbonyl (C=O) groups excluding carboxylic acids is 1. The van der Waals surface area contributed by atoms with E-state index in [9.17, 15) is 14.7 Å². The van der Waals surface area contributed by atoms with Crippen LogP contribution >= 0.6 is 0 Å². The van der Waals surface area contributed by atoms with Gasteiger partial charge in [-0.05, 0) is 41.0 Å². The lowest BCUT2D eigenvalue weighted by atomic mass is 9.93. The molecule has 1 amide bonds. The lowest BCUT2D eigenvalue weighted by Gasteiger charge is -2.19. The van der Waals surface area contributed by atoms with Crippen LogP contribution in [0.5, 0.6) is 0 Å². The van der Waals surface area contributed by atoms with Crippen LogP contribution in [0, 0.1) is 0 Å². The Morgan fingerprint density at radius 1 is 0.892 bits per heavy atom. The van der Waals surface area contributed by atoms with Crippen molar-refractivity contribution in [3.8, 4) is 22.5 Å². The second-order valence-corrected chi connectivity index (χ2v) is 8.61. The lowest BCUT2D eigenvalue weighted by molar-refractivity contribution is 0.0697. The summed E-state index contributed by atoms with van der Waals surface area (Å²) in [5.74, 6) is -0.869. The Labute approximate surface area is 213 Å². The molecule has 0 aliphatic carbocycles. The number of ether oxygens (including phenoxy) is 1. The molecule has 0 aliphatic heterocycles. The van der Waals surface area contributed by atoms with Crippen molar-refractivity contribution in [2.24, 2.45) is 0 Å². The fraction of sp³-hybridized carbons (Fsp3) is 0.100. The zero-order chi connectivity index (χ0) is 25.8. The summed E-state index contributed by atoms with van der Waals surface area (Å²) in [5.41, 5.74) is 4.85. The van der Waals surface area contributed by atoms with Crippen molar-refractivity contribution in [1.82, 2.24) is 15.3 Å². The number of carboxylic acids is 1. The number of aromatic amines is 1. The molecule has 0 bridgehead atoms. The van der Waals surface area contributed by atoms with Crippen LogP contribution in [-0.4, -0.2) is 40.7 Å². The van der Waals surface area contributed by atoms with Gasteiger partial charge in [0.25, 0.3) is 5.91 Å². The minimum absolute atomic E-state index is 0.0270. The molecule has 37 heavy (non-hydrogen) atoms. The molecule has 7 heteroatoms. The number of methoxy groups -OCH3 is 1. The first kappa shape index (κ1) is 24.0. The number of para-hydroxylation sites is 2. The van der Waals surface area contributed by atoms with E-state index in [4.69, 9.17) is 4.74 Å². The molecule has 184 valence electrons. The molecule has 1 atom stereocenters. The van der Waals surface area contributed by atoms with Crippen molar-refractivity contribution in [3.63, 3.8) is 0 Å². The van der Waals surface area contributed by atoms with E-state index in [1.165, 1.54) is 6.07 Å². The summed E-state index contributed by atoms with van der Waals surface area (Å²) in [4.78, 5) is 33.5. The van der Waals surface area contributed by atoms with Crippen LogP contribution < -0.4 is 5.32 Å². The highest BCUT2D eigenvalue weighted by Crippen LogP contribution is 2.34. The molecule has 0 fully saturated rings. The van der Waals surface area contributed by atoms with Crippen molar-refractivity contribution in [2.45, 2.75) is 6.04 Å². The molecule has 5 aromatic rings. The van der Waals surface area contributed by atoms with Crippen LogP contribution in [0.4, 0.5) is 0 Å². The molecule has 7 nitrogen and oxygen atoms in total. The van der Waals surface area contributed by atoms with Gasteiger partial charge in [-0.25, -0.2) is 9.78 Å². The largest absolute Gasteiger partial charge is 0.478 e. The van der Waals surface area contributed by atoms with Gasteiger partial charge in [-0.3, -0.25) is 4.79 Å². The van der Waals surface area contributed by atoms with Crippen LogP contribution in [0.15, 0.2) is 97.1 Å². The smallest absolute Gasteiger partial charge is 0.336 e. The molecule has 5 rings (SSSR count). The second kappa shape index (κ2) is 10.5. The minimum atomic E-state index is -1.12. The summed E-state index contributed by atoms with van der Waals surface area (Å²) in [7, 11) is 1.57. The van der Waals surface area contributed by atoms with E-state index in [1.807, 2.05) is 78.9 Å². The number of carbonyl (C=O) groups is 2. The molecular weight excluding hydrogens is 466 g/mol. The summed E-state index contributed by atoms with van der Waals surface area (Å²) in [6.45, 7) is 0.282. The fourth-order valence-electron chi connectivity index (χ4n) is 4.42. The molecule has 1 unspecified atom stereocenters. The summed E-state index contributed by atoms with van der Waals surface area (Å²) < 4.78 is 5.29. The Hall–Kier alpha value is -4.75. The SMILES string of the molecule is COCC(NC(=O)c1ccc(-c2ccccc2-c2nc3ccccc3[nH]2)c(C(=O)O)c1)c1ccccc1. The number of H-pyrrole nitrogens is 1. The number of aromatic nitrogens is 2. The van der Waals surface area contributed by atoms with E-state index in [0.29, 0.717) is 17.0 Å². The highest BCUT2D eigenvalue weighted by atomic mass is 16.5. The molecule has 1 aromatic heterocycles. The standard InChI is InChI=1S/C30H25N3O4/c1-37-18-27(19-9-3-2-4-10-19)33-29(34)20-15-16-22(24(17-20)30(35)36)21-11-5-6-12-23(21)28-31-25-13-7-8-14-26(25)32-28/h2-17,27H,18H2,1H3,(H,31,32)(H,33,34)(H,35,36). The van der Waals surface area contributed by atoms with Crippen LogP contribution in [0.3, 0.4) is 0 Å². The zero-order valence-electron chi connectivity index (χ0n) is 20.1. The van der Waals surface area contributed by atoms with Crippen LogP contribution in [0.25, 0.3) is 33.5 Å². The average molecular weight is 492 g/mol. The van der Waals surface area contributed by atoms with E-state index in [-0.39, 0.29) is 29.7 Å². The number of nitrogens with zero attached hydrogens (tertiary/aromatic N) is 1. The summed E-state index contributed by atoms with van der Waals surface area (Å²) in [6.07, 6.45) is 0. The van der Waals surface area contributed by atoms with Crippen molar-refractivity contribution < 1.29 is 19.4 Å². The van der Waals surface area contributed by atoms with Gasteiger partial charge in [0.15, 0.2) is 0 Å². The van der Waals surface area contributed by atoms with E-state index in [0.717, 1.165) is 22.2 Å². The Morgan fingerprint density at radius 3 is 2.32 bits per heavy atom. The Kier molecular flexibility index (Phi) is 6.78. The number of fused-ring (bicyclic) bond motifs is 1. The normalized spacial score (nSPS) is 11.8. The van der Waals surface area contributed by atoms with Crippen LogP contribution in [0.1, 0.15) is 32.3 Å². The van der Waals surface area contributed by atoms with Crippen LogP contribution in [0.2, 0.25) is 0 Å². The van der Waals surface area contributed by atoms with Crippen molar-refractivity contribution in [2.75, 3.05) is 13.7 Å². The highest BCUT2D eigenvalue weighted by Gasteiger charge is 2.21. The van der Waals surface area contributed by atoms with Gasteiger partial charge in [0, 0.05) is 18.2 Å². The summed E-state index contributed by atoms with van der Waals surface area (Å²) in [6, 6.07) is 29.0. The predicted molar refractivity (Wildman–Crippen MR) is 142 cm³/mol. The Balaban J connectivity index is 1.51. The van der Waals surface area contributed by atoms with Gasteiger partial charge in [0.1, 0.15) is 5.82 Å². The van der Waals surface area contributed by atoms with E-state index < -0.39 is 5.97 Å². The van der Waals surface area contributed by atoms with Gasteiger partial charge in [-0.1, -0.05) is 72.8 Å². The maximum Gasteiger partial charge on any atom is 0.336 e. The average Bonchev–Trinajstić information content (AvgIpc) is 3.37. The van der Waals surface area contributed by atoms with E-state index in [1.54, 1.807) is 19.2 Å². The molecule has 0 saturated heterocycles. The third-order valence-corrected chi connectivity index (χ3v) is 6.21. The quantitative estimate of drug-likeness (QED) is 0.258.